The Hall–Kier alpha value is -0.810. The molecule has 0 aromatic heterocycles. The summed E-state index contributed by atoms with van der Waals surface area (Å²) >= 11 is 0. The van der Waals surface area contributed by atoms with Gasteiger partial charge in [-0.15, -0.1) is 0 Å². The molecule has 0 radical (unpaired) electrons. The molecule has 0 aromatic carbocycles. The molecule has 0 heterocycles. The first-order valence-corrected chi connectivity index (χ1v) is 6.53. The topological polar surface area (TPSA) is 79.9 Å². The molecule has 0 bridgehead atoms. The number of ether oxygens (including phenoxy) is 1. The summed E-state index contributed by atoms with van der Waals surface area (Å²) in [6, 6.07) is 0. The van der Waals surface area contributed by atoms with Crippen LogP contribution in [0, 0.1) is 0 Å². The lowest BCUT2D eigenvalue weighted by Gasteiger charge is -2.05. The van der Waals surface area contributed by atoms with Crippen LogP contribution in [0.2, 0.25) is 0 Å². The van der Waals surface area contributed by atoms with Gasteiger partial charge in [-0.2, -0.15) is 0 Å². The van der Waals surface area contributed by atoms with E-state index in [-0.39, 0.29) is 6.61 Å². The maximum Gasteiger partial charge on any atom is 0.188 e. The number of unbranched alkanes of at least 4 members (excludes halogenated alkanes) is 3. The van der Waals surface area contributed by atoms with Crippen molar-refractivity contribution >= 4 is 5.96 Å². The summed E-state index contributed by atoms with van der Waals surface area (Å²) in [7, 11) is 0. The third kappa shape index (κ3) is 13.1. The number of hydrogen-bond donors (Lipinski definition) is 3. The van der Waals surface area contributed by atoms with Gasteiger partial charge in [-0.05, 0) is 12.8 Å². The fourth-order valence-electron chi connectivity index (χ4n) is 1.36. The Labute approximate surface area is 104 Å². The van der Waals surface area contributed by atoms with Crippen LogP contribution in [-0.2, 0) is 4.74 Å². The highest BCUT2D eigenvalue weighted by Crippen LogP contribution is 1.96. The highest BCUT2D eigenvalue weighted by Gasteiger charge is 1.92. The van der Waals surface area contributed by atoms with Crippen LogP contribution in [0.5, 0.6) is 0 Å². The zero-order valence-corrected chi connectivity index (χ0v) is 11.0. The summed E-state index contributed by atoms with van der Waals surface area (Å²) in [6.45, 7) is 4.85. The van der Waals surface area contributed by atoms with E-state index in [1.807, 2.05) is 0 Å². The fourth-order valence-corrected chi connectivity index (χ4v) is 1.36. The van der Waals surface area contributed by atoms with Crippen molar-refractivity contribution in [2.75, 3.05) is 32.9 Å². The molecule has 17 heavy (non-hydrogen) atoms. The van der Waals surface area contributed by atoms with Gasteiger partial charge in [0.15, 0.2) is 5.96 Å². The van der Waals surface area contributed by atoms with E-state index in [1.54, 1.807) is 0 Å². The maximum absolute atomic E-state index is 8.49. The average molecular weight is 245 g/mol. The Balaban J connectivity index is 3.26. The number of aliphatic hydroxyl groups is 1. The van der Waals surface area contributed by atoms with E-state index < -0.39 is 0 Å². The van der Waals surface area contributed by atoms with Crippen LogP contribution in [0.15, 0.2) is 4.99 Å². The quantitative estimate of drug-likeness (QED) is 0.287. The Kier molecular flexibility index (Phi) is 12.6. The highest BCUT2D eigenvalue weighted by molar-refractivity contribution is 5.77. The summed E-state index contributed by atoms with van der Waals surface area (Å²) in [5, 5.41) is 11.6. The summed E-state index contributed by atoms with van der Waals surface area (Å²) < 4.78 is 5.11. The van der Waals surface area contributed by atoms with Crippen LogP contribution in [-0.4, -0.2) is 44.0 Å². The van der Waals surface area contributed by atoms with Gasteiger partial charge in [-0.25, -0.2) is 0 Å². The number of nitrogens with one attached hydrogen (secondary N) is 1. The number of aliphatic imine (C=N–C) groups is 1. The van der Waals surface area contributed by atoms with E-state index in [0.717, 1.165) is 19.4 Å². The largest absolute Gasteiger partial charge is 0.394 e. The van der Waals surface area contributed by atoms with Crippen molar-refractivity contribution in [1.29, 1.82) is 0 Å². The first-order chi connectivity index (χ1) is 8.31. The molecule has 5 nitrogen and oxygen atoms in total. The van der Waals surface area contributed by atoms with Gasteiger partial charge in [0.1, 0.15) is 0 Å². The molecule has 0 fully saturated rings. The van der Waals surface area contributed by atoms with Crippen LogP contribution in [0.4, 0.5) is 0 Å². The third-order valence-corrected chi connectivity index (χ3v) is 2.30. The summed E-state index contributed by atoms with van der Waals surface area (Å²) in [4.78, 5) is 4.18. The van der Waals surface area contributed by atoms with E-state index in [0.29, 0.717) is 25.7 Å². The molecule has 0 amide bonds. The van der Waals surface area contributed by atoms with Gasteiger partial charge in [0.05, 0.1) is 13.2 Å². The normalized spacial score (nSPS) is 11.8. The second kappa shape index (κ2) is 13.3. The predicted molar refractivity (Wildman–Crippen MR) is 71.2 cm³/mol. The molecule has 0 saturated carbocycles. The molecule has 0 aliphatic rings. The van der Waals surface area contributed by atoms with Crippen molar-refractivity contribution in [2.45, 2.75) is 39.0 Å². The molecular weight excluding hydrogens is 218 g/mol. The Morgan fingerprint density at radius 3 is 2.76 bits per heavy atom. The first-order valence-electron chi connectivity index (χ1n) is 6.53. The number of hydrogen-bond acceptors (Lipinski definition) is 3. The van der Waals surface area contributed by atoms with Gasteiger partial charge in [-0.1, -0.05) is 26.2 Å². The van der Waals surface area contributed by atoms with Gasteiger partial charge < -0.3 is 20.9 Å². The van der Waals surface area contributed by atoms with Crippen LogP contribution in [0.1, 0.15) is 39.0 Å². The molecule has 0 aromatic rings. The number of rotatable bonds is 11. The van der Waals surface area contributed by atoms with Crippen molar-refractivity contribution in [3.63, 3.8) is 0 Å². The highest BCUT2D eigenvalue weighted by atomic mass is 16.5. The minimum atomic E-state index is 0.0741. The molecule has 102 valence electrons. The lowest BCUT2D eigenvalue weighted by Crippen LogP contribution is -2.32. The van der Waals surface area contributed by atoms with Crippen molar-refractivity contribution in [2.24, 2.45) is 10.7 Å². The Morgan fingerprint density at radius 2 is 2.06 bits per heavy atom. The van der Waals surface area contributed by atoms with Gasteiger partial charge in [0.25, 0.3) is 0 Å². The van der Waals surface area contributed by atoms with Gasteiger partial charge >= 0.3 is 0 Å². The van der Waals surface area contributed by atoms with Crippen molar-refractivity contribution in [3.05, 3.63) is 0 Å². The smallest absolute Gasteiger partial charge is 0.188 e. The predicted octanol–water partition coefficient (Wildman–Crippen LogP) is 0.870. The zero-order chi connectivity index (χ0) is 12.8. The van der Waals surface area contributed by atoms with Gasteiger partial charge in [0.2, 0.25) is 0 Å². The zero-order valence-electron chi connectivity index (χ0n) is 11.0. The number of aliphatic hydroxyl groups excluding tert-OH is 1. The third-order valence-electron chi connectivity index (χ3n) is 2.30. The van der Waals surface area contributed by atoms with E-state index in [9.17, 15) is 0 Å². The van der Waals surface area contributed by atoms with Crippen LogP contribution >= 0.6 is 0 Å². The van der Waals surface area contributed by atoms with E-state index in [1.165, 1.54) is 19.3 Å². The molecule has 0 rings (SSSR count). The lowest BCUT2D eigenvalue weighted by atomic mass is 10.2. The summed E-state index contributed by atoms with van der Waals surface area (Å²) in [5.74, 6) is 0.517. The molecule has 0 unspecified atom stereocenters. The molecule has 0 aliphatic heterocycles. The van der Waals surface area contributed by atoms with E-state index in [4.69, 9.17) is 15.6 Å². The summed E-state index contributed by atoms with van der Waals surface area (Å²) in [5.41, 5.74) is 5.69. The monoisotopic (exact) mass is 245 g/mol. The molecule has 0 spiro atoms. The molecule has 0 aliphatic carbocycles. The van der Waals surface area contributed by atoms with Gasteiger partial charge in [0, 0.05) is 19.7 Å². The average Bonchev–Trinajstić information content (AvgIpc) is 2.33. The summed E-state index contributed by atoms with van der Waals surface area (Å²) in [6.07, 6.45) is 5.74. The maximum atomic E-state index is 8.49. The van der Waals surface area contributed by atoms with Crippen molar-refractivity contribution in [3.8, 4) is 0 Å². The van der Waals surface area contributed by atoms with Crippen LogP contribution in [0.3, 0.4) is 0 Å². The second-order valence-electron chi connectivity index (χ2n) is 3.94. The minimum absolute atomic E-state index is 0.0741. The number of nitrogens with zero attached hydrogens (tertiary/aromatic N) is 1. The lowest BCUT2D eigenvalue weighted by molar-refractivity contribution is 0.0918. The minimum Gasteiger partial charge on any atom is -0.394 e. The fraction of sp³-hybridized carbons (Fsp3) is 0.917. The Bertz CT molecular complexity index is 187. The number of guanidine groups is 1. The van der Waals surface area contributed by atoms with E-state index in [2.05, 4.69) is 17.2 Å². The van der Waals surface area contributed by atoms with Crippen molar-refractivity contribution < 1.29 is 9.84 Å². The molecular formula is C12H27N3O2. The van der Waals surface area contributed by atoms with E-state index >= 15 is 0 Å². The molecule has 5 heteroatoms. The number of nitrogens with two attached hydrogens (primary N) is 1. The Morgan fingerprint density at radius 1 is 1.24 bits per heavy atom. The van der Waals surface area contributed by atoms with Crippen molar-refractivity contribution in [1.82, 2.24) is 5.32 Å². The molecule has 4 N–H and O–H groups in total. The van der Waals surface area contributed by atoms with Crippen LogP contribution < -0.4 is 11.1 Å². The molecule has 0 saturated heterocycles. The van der Waals surface area contributed by atoms with Gasteiger partial charge in [-0.3, -0.25) is 4.99 Å². The first kappa shape index (κ1) is 16.2. The second-order valence-corrected chi connectivity index (χ2v) is 3.94. The standard InChI is InChI=1S/C12H27N3O2/c1-2-3-4-5-7-14-12(13)15-8-6-10-17-11-9-16/h16H,2-11H2,1H3,(H3,13,14,15). The van der Waals surface area contributed by atoms with Crippen LogP contribution in [0.25, 0.3) is 0 Å². The molecule has 0 atom stereocenters. The SMILES string of the molecule is CCCCCCNC(N)=NCCCOCCO.